The number of anilines is 2. The zero-order valence-electron chi connectivity index (χ0n) is 17.5. The number of hydrogen-bond donors (Lipinski definition) is 3. The number of carbonyl (C=O) groups excluding carboxylic acids is 2. The van der Waals surface area contributed by atoms with Crippen LogP contribution in [0.3, 0.4) is 0 Å². The molecular weight excluding hydrogens is 390 g/mol. The fourth-order valence-corrected chi connectivity index (χ4v) is 2.83. The van der Waals surface area contributed by atoms with Crippen molar-refractivity contribution in [3.63, 3.8) is 0 Å². The molecular formula is C22H28ClN3O3. The second-order valence-electron chi connectivity index (χ2n) is 7.49. The molecule has 7 heteroatoms. The molecule has 0 radical (unpaired) electrons. The van der Waals surface area contributed by atoms with E-state index in [9.17, 15) is 9.59 Å². The number of ether oxygens (including phenoxy) is 1. The molecule has 0 fully saturated rings. The van der Waals surface area contributed by atoms with E-state index in [-0.39, 0.29) is 23.9 Å². The Kier molecular flexibility index (Phi) is 7.51. The monoisotopic (exact) mass is 417 g/mol. The first-order valence-corrected chi connectivity index (χ1v) is 9.83. The minimum Gasteiger partial charge on any atom is -0.495 e. The number of benzene rings is 2. The largest absolute Gasteiger partial charge is 0.495 e. The van der Waals surface area contributed by atoms with Gasteiger partial charge in [0.1, 0.15) is 5.75 Å². The van der Waals surface area contributed by atoms with E-state index in [1.54, 1.807) is 25.3 Å². The molecule has 156 valence electrons. The first-order valence-electron chi connectivity index (χ1n) is 9.45. The summed E-state index contributed by atoms with van der Waals surface area (Å²) in [6.45, 7) is 7.90. The number of aryl methyl sites for hydroxylation is 1. The van der Waals surface area contributed by atoms with E-state index in [0.29, 0.717) is 27.7 Å². The summed E-state index contributed by atoms with van der Waals surface area (Å²) in [6, 6.07) is 10.6. The van der Waals surface area contributed by atoms with Gasteiger partial charge in [0, 0.05) is 11.2 Å². The van der Waals surface area contributed by atoms with Crippen LogP contribution in [0.1, 0.15) is 43.1 Å². The Morgan fingerprint density at radius 3 is 2.48 bits per heavy atom. The van der Waals surface area contributed by atoms with Crippen molar-refractivity contribution in [3.8, 4) is 5.75 Å². The molecule has 29 heavy (non-hydrogen) atoms. The van der Waals surface area contributed by atoms with Crippen LogP contribution in [0.5, 0.6) is 5.75 Å². The number of hydrogen-bond acceptors (Lipinski definition) is 4. The molecule has 2 rings (SSSR count). The number of amides is 2. The molecule has 0 aliphatic heterocycles. The summed E-state index contributed by atoms with van der Waals surface area (Å²) in [6.07, 6.45) is 0.802. The molecule has 0 bridgehead atoms. The number of halogens is 1. The van der Waals surface area contributed by atoms with Gasteiger partial charge in [-0.25, -0.2) is 0 Å². The number of nitrogens with one attached hydrogen (secondary N) is 3. The highest BCUT2D eigenvalue weighted by Gasteiger charge is 2.20. The van der Waals surface area contributed by atoms with E-state index in [1.165, 1.54) is 0 Å². The van der Waals surface area contributed by atoms with Crippen LogP contribution in [0.4, 0.5) is 11.4 Å². The molecule has 3 N–H and O–H groups in total. The lowest BCUT2D eigenvalue weighted by atomic mass is 10.0. The topological polar surface area (TPSA) is 79.5 Å². The third-order valence-corrected chi connectivity index (χ3v) is 4.94. The molecule has 0 heterocycles. The van der Waals surface area contributed by atoms with Gasteiger partial charge in [0.05, 0.1) is 29.9 Å². The van der Waals surface area contributed by atoms with Gasteiger partial charge in [0.15, 0.2) is 0 Å². The molecule has 2 aromatic rings. The Morgan fingerprint density at radius 2 is 1.86 bits per heavy atom. The van der Waals surface area contributed by atoms with Crippen LogP contribution >= 0.6 is 11.6 Å². The number of methoxy groups -OCH3 is 1. The van der Waals surface area contributed by atoms with Gasteiger partial charge in [0.25, 0.3) is 5.91 Å². The first-order chi connectivity index (χ1) is 13.6. The molecule has 0 aliphatic rings. The molecule has 0 unspecified atom stereocenters. The fourth-order valence-electron chi connectivity index (χ4n) is 2.57. The first kappa shape index (κ1) is 22.6. The van der Waals surface area contributed by atoms with Crippen LogP contribution in [-0.4, -0.2) is 31.0 Å². The Morgan fingerprint density at radius 1 is 1.14 bits per heavy atom. The van der Waals surface area contributed by atoms with Crippen LogP contribution in [-0.2, 0) is 4.79 Å². The molecule has 0 saturated heterocycles. The molecule has 0 spiro atoms. The van der Waals surface area contributed by atoms with Gasteiger partial charge in [-0.3, -0.25) is 9.59 Å². The normalized spacial score (nSPS) is 11.0. The van der Waals surface area contributed by atoms with Crippen LogP contribution in [0.25, 0.3) is 0 Å². The average Bonchev–Trinajstić information content (AvgIpc) is 2.66. The third-order valence-electron chi connectivity index (χ3n) is 4.63. The van der Waals surface area contributed by atoms with Gasteiger partial charge >= 0.3 is 0 Å². The summed E-state index contributed by atoms with van der Waals surface area (Å²) in [7, 11) is 1.56. The second-order valence-corrected chi connectivity index (χ2v) is 7.90. The molecule has 0 aromatic heterocycles. The highest BCUT2D eigenvalue weighted by molar-refractivity contribution is 6.34. The summed E-state index contributed by atoms with van der Waals surface area (Å²) in [5.74, 6) is 0.145. The maximum atomic E-state index is 12.4. The lowest BCUT2D eigenvalue weighted by molar-refractivity contribution is -0.114. The van der Waals surface area contributed by atoms with Crippen molar-refractivity contribution in [3.05, 3.63) is 52.5 Å². The van der Waals surface area contributed by atoms with Crippen molar-refractivity contribution in [1.82, 2.24) is 5.32 Å². The van der Waals surface area contributed by atoms with E-state index in [0.717, 1.165) is 12.0 Å². The Bertz CT molecular complexity index is 897. The molecule has 0 atom stereocenters. The number of carbonyl (C=O) groups is 2. The highest BCUT2D eigenvalue weighted by atomic mass is 35.5. The van der Waals surface area contributed by atoms with Crippen molar-refractivity contribution in [2.75, 3.05) is 24.3 Å². The van der Waals surface area contributed by atoms with Crippen molar-refractivity contribution in [2.24, 2.45) is 0 Å². The van der Waals surface area contributed by atoms with Crippen LogP contribution < -0.4 is 20.7 Å². The third kappa shape index (κ3) is 6.39. The summed E-state index contributed by atoms with van der Waals surface area (Å²) < 4.78 is 5.27. The van der Waals surface area contributed by atoms with E-state index in [2.05, 4.69) is 16.0 Å². The summed E-state index contributed by atoms with van der Waals surface area (Å²) >= 11 is 6.28. The van der Waals surface area contributed by atoms with E-state index in [1.807, 2.05) is 45.9 Å². The minimum atomic E-state index is -0.313. The van der Waals surface area contributed by atoms with Gasteiger partial charge in [-0.1, -0.05) is 24.6 Å². The quantitative estimate of drug-likeness (QED) is 0.585. The zero-order valence-corrected chi connectivity index (χ0v) is 18.2. The van der Waals surface area contributed by atoms with Gasteiger partial charge in [-0.2, -0.15) is 0 Å². The lowest BCUT2D eigenvalue weighted by Crippen LogP contribution is -2.42. The molecule has 2 amide bonds. The SMILES string of the molecule is CCC(C)(C)NC(=O)c1ccc(NCC(=O)Nc2cc(C)ccc2OC)cc1Cl. The predicted molar refractivity (Wildman–Crippen MR) is 118 cm³/mol. The minimum absolute atomic E-state index is 0.0435. The van der Waals surface area contributed by atoms with Crippen molar-refractivity contribution in [2.45, 2.75) is 39.7 Å². The average molecular weight is 418 g/mol. The summed E-state index contributed by atoms with van der Waals surface area (Å²) in [4.78, 5) is 24.7. The highest BCUT2D eigenvalue weighted by Crippen LogP contribution is 2.25. The van der Waals surface area contributed by atoms with E-state index >= 15 is 0 Å². The van der Waals surface area contributed by atoms with E-state index in [4.69, 9.17) is 16.3 Å². The Hall–Kier alpha value is -2.73. The number of rotatable bonds is 8. The lowest BCUT2D eigenvalue weighted by Gasteiger charge is -2.24. The maximum Gasteiger partial charge on any atom is 0.253 e. The fraction of sp³-hybridized carbons (Fsp3) is 0.364. The molecule has 2 aromatic carbocycles. The van der Waals surface area contributed by atoms with Crippen molar-refractivity contribution >= 4 is 34.8 Å². The van der Waals surface area contributed by atoms with Gasteiger partial charge in [-0.05, 0) is 63.1 Å². The second kappa shape index (κ2) is 9.65. The van der Waals surface area contributed by atoms with Crippen LogP contribution in [0.2, 0.25) is 5.02 Å². The van der Waals surface area contributed by atoms with Gasteiger partial charge in [0.2, 0.25) is 5.91 Å². The van der Waals surface area contributed by atoms with Gasteiger partial charge < -0.3 is 20.7 Å². The summed E-state index contributed by atoms with van der Waals surface area (Å²) in [5.41, 5.74) is 2.36. The molecule has 0 aliphatic carbocycles. The van der Waals surface area contributed by atoms with Gasteiger partial charge in [-0.15, -0.1) is 0 Å². The Labute approximate surface area is 177 Å². The predicted octanol–water partition coefficient (Wildman–Crippen LogP) is 4.63. The zero-order chi connectivity index (χ0) is 21.6. The van der Waals surface area contributed by atoms with Crippen molar-refractivity contribution < 1.29 is 14.3 Å². The Balaban J connectivity index is 1.99. The molecule has 0 saturated carbocycles. The smallest absolute Gasteiger partial charge is 0.253 e. The van der Waals surface area contributed by atoms with E-state index < -0.39 is 0 Å². The van der Waals surface area contributed by atoms with Crippen molar-refractivity contribution in [1.29, 1.82) is 0 Å². The maximum absolute atomic E-state index is 12.4. The summed E-state index contributed by atoms with van der Waals surface area (Å²) in [5, 5.41) is 9.11. The standard InChI is InChI=1S/C22H28ClN3O3/c1-6-22(3,4)26-21(28)16-9-8-15(12-17(16)23)24-13-20(27)25-18-11-14(2)7-10-19(18)29-5/h7-12,24H,6,13H2,1-5H3,(H,25,27)(H,26,28). The van der Waals surface area contributed by atoms with Crippen LogP contribution in [0, 0.1) is 6.92 Å². The van der Waals surface area contributed by atoms with Crippen LogP contribution in [0.15, 0.2) is 36.4 Å². The molecule has 6 nitrogen and oxygen atoms in total.